The summed E-state index contributed by atoms with van der Waals surface area (Å²) in [6, 6.07) is 13.9. The molecule has 2 aromatic rings. The zero-order valence-corrected chi connectivity index (χ0v) is 17.5. The summed E-state index contributed by atoms with van der Waals surface area (Å²) >= 11 is 0. The van der Waals surface area contributed by atoms with Crippen LogP contribution in [0.25, 0.3) is 5.70 Å². The van der Waals surface area contributed by atoms with Crippen LogP contribution in [0.3, 0.4) is 0 Å². The number of hydrogen-bond donors (Lipinski definition) is 2. The second-order valence-corrected chi connectivity index (χ2v) is 6.62. The molecule has 0 saturated carbocycles. The Kier molecular flexibility index (Phi) is 6.67. The molecule has 0 spiro atoms. The highest BCUT2D eigenvalue weighted by molar-refractivity contribution is 6.20. The molecule has 0 unspecified atom stereocenters. The highest BCUT2D eigenvalue weighted by atomic mass is 16.5. The van der Waals surface area contributed by atoms with Gasteiger partial charge in [0.2, 0.25) is 0 Å². The molecule has 0 bridgehead atoms. The number of nitrogens with one attached hydrogen (secondary N) is 2. The minimum absolute atomic E-state index is 0.101. The molecule has 158 valence electrons. The highest BCUT2D eigenvalue weighted by Gasteiger charge is 2.27. The summed E-state index contributed by atoms with van der Waals surface area (Å²) in [5.41, 5.74) is 1.71. The van der Waals surface area contributed by atoms with E-state index in [1.165, 1.54) is 14.2 Å². The Bertz CT molecular complexity index is 1130. The van der Waals surface area contributed by atoms with Gasteiger partial charge in [0.1, 0.15) is 17.5 Å². The minimum Gasteiger partial charge on any atom is -0.493 e. The molecule has 1 aliphatic heterocycles. The van der Waals surface area contributed by atoms with Gasteiger partial charge in [0.25, 0.3) is 11.8 Å². The van der Waals surface area contributed by atoms with Crippen LogP contribution in [-0.4, -0.2) is 38.4 Å². The van der Waals surface area contributed by atoms with Crippen molar-refractivity contribution in [3.8, 4) is 17.6 Å². The number of nitrogens with zero attached hydrogens (tertiary/aromatic N) is 2. The van der Waals surface area contributed by atoms with Gasteiger partial charge in [0.05, 0.1) is 19.9 Å². The van der Waals surface area contributed by atoms with Gasteiger partial charge in [0.15, 0.2) is 11.5 Å². The predicted molar refractivity (Wildman–Crippen MR) is 116 cm³/mol. The Morgan fingerprint density at radius 1 is 1.06 bits per heavy atom. The zero-order valence-electron chi connectivity index (χ0n) is 17.5. The Morgan fingerprint density at radius 2 is 1.77 bits per heavy atom. The second kappa shape index (κ2) is 9.59. The SMILES string of the molecule is CCCNC(=O)C(C#N)=C1N=C(NC(=O)c2ccc(OC)c(OC)c2)c2ccccc21. The fraction of sp³-hybridized carbons (Fsp3) is 0.217. The number of aliphatic imine (C=N–C) groups is 1. The molecule has 0 aliphatic carbocycles. The van der Waals surface area contributed by atoms with Gasteiger partial charge in [-0.15, -0.1) is 0 Å². The van der Waals surface area contributed by atoms with Crippen molar-refractivity contribution in [3.63, 3.8) is 0 Å². The van der Waals surface area contributed by atoms with E-state index in [1.807, 2.05) is 13.0 Å². The van der Waals surface area contributed by atoms with Crippen LogP contribution in [0.15, 0.2) is 53.0 Å². The number of amides is 2. The maximum absolute atomic E-state index is 12.9. The van der Waals surface area contributed by atoms with Crippen LogP contribution in [0.1, 0.15) is 34.8 Å². The molecule has 8 nitrogen and oxygen atoms in total. The number of rotatable bonds is 6. The summed E-state index contributed by atoms with van der Waals surface area (Å²) in [5, 5.41) is 15.0. The van der Waals surface area contributed by atoms with E-state index in [1.54, 1.807) is 42.5 Å². The summed E-state index contributed by atoms with van der Waals surface area (Å²) in [6.45, 7) is 2.37. The molecule has 31 heavy (non-hydrogen) atoms. The first-order valence-corrected chi connectivity index (χ1v) is 9.68. The lowest BCUT2D eigenvalue weighted by atomic mass is 10.0. The molecule has 2 N–H and O–H groups in total. The fourth-order valence-corrected chi connectivity index (χ4v) is 3.11. The lowest BCUT2D eigenvalue weighted by molar-refractivity contribution is -0.117. The van der Waals surface area contributed by atoms with Crippen molar-refractivity contribution in [2.45, 2.75) is 13.3 Å². The lowest BCUT2D eigenvalue weighted by Crippen LogP contribution is -2.30. The molecule has 0 aromatic heterocycles. The molecule has 8 heteroatoms. The van der Waals surface area contributed by atoms with E-state index in [-0.39, 0.29) is 17.1 Å². The summed E-state index contributed by atoms with van der Waals surface area (Å²) in [7, 11) is 3.00. The van der Waals surface area contributed by atoms with E-state index in [4.69, 9.17) is 9.47 Å². The van der Waals surface area contributed by atoms with E-state index in [2.05, 4.69) is 15.6 Å². The monoisotopic (exact) mass is 418 g/mol. The molecule has 2 aromatic carbocycles. The first-order chi connectivity index (χ1) is 15.0. The third kappa shape index (κ3) is 4.41. The van der Waals surface area contributed by atoms with E-state index in [0.29, 0.717) is 34.7 Å². The average Bonchev–Trinajstić information content (AvgIpc) is 3.15. The van der Waals surface area contributed by atoms with E-state index in [9.17, 15) is 14.9 Å². The molecule has 3 rings (SSSR count). The van der Waals surface area contributed by atoms with Gasteiger partial charge in [-0.3, -0.25) is 9.59 Å². The zero-order chi connectivity index (χ0) is 22.4. The molecule has 1 heterocycles. The van der Waals surface area contributed by atoms with Gasteiger partial charge in [-0.2, -0.15) is 5.26 Å². The fourth-order valence-electron chi connectivity index (χ4n) is 3.11. The van der Waals surface area contributed by atoms with Crippen molar-refractivity contribution in [2.75, 3.05) is 20.8 Å². The van der Waals surface area contributed by atoms with Crippen LogP contribution >= 0.6 is 0 Å². The summed E-state index contributed by atoms with van der Waals surface area (Å²) in [4.78, 5) is 29.7. The lowest BCUT2D eigenvalue weighted by Gasteiger charge is -2.10. The Hall–Kier alpha value is -4.12. The van der Waals surface area contributed by atoms with Crippen molar-refractivity contribution in [1.29, 1.82) is 5.26 Å². The van der Waals surface area contributed by atoms with Gasteiger partial charge in [0, 0.05) is 23.2 Å². The molecule has 0 radical (unpaired) electrons. The number of benzene rings is 2. The van der Waals surface area contributed by atoms with Gasteiger partial charge < -0.3 is 20.1 Å². The highest BCUT2D eigenvalue weighted by Crippen LogP contribution is 2.31. The summed E-state index contributed by atoms with van der Waals surface area (Å²) < 4.78 is 10.5. The molecular formula is C23H22N4O4. The Morgan fingerprint density at radius 3 is 2.42 bits per heavy atom. The van der Waals surface area contributed by atoms with Crippen LogP contribution in [-0.2, 0) is 4.79 Å². The van der Waals surface area contributed by atoms with Crippen molar-refractivity contribution in [2.24, 2.45) is 4.99 Å². The molecule has 2 amide bonds. The van der Waals surface area contributed by atoms with Gasteiger partial charge in [-0.1, -0.05) is 31.2 Å². The Balaban J connectivity index is 1.97. The number of fused-ring (bicyclic) bond motifs is 1. The van der Waals surface area contributed by atoms with Gasteiger partial charge in [-0.25, -0.2) is 4.99 Å². The largest absolute Gasteiger partial charge is 0.493 e. The van der Waals surface area contributed by atoms with Crippen molar-refractivity contribution < 1.29 is 19.1 Å². The van der Waals surface area contributed by atoms with Crippen LogP contribution in [0.2, 0.25) is 0 Å². The summed E-state index contributed by atoms with van der Waals surface area (Å²) in [5.74, 6) is 0.282. The third-order valence-corrected chi connectivity index (χ3v) is 4.65. The van der Waals surface area contributed by atoms with Crippen LogP contribution in [0.4, 0.5) is 0 Å². The first-order valence-electron chi connectivity index (χ1n) is 9.68. The maximum atomic E-state index is 12.9. The standard InChI is InChI=1S/C23H22N4O4/c1-4-11-25-23(29)17(13-24)20-15-7-5-6-8-16(15)21(26-20)27-22(28)14-9-10-18(30-2)19(12-14)31-3/h5-10,12H,4,11H2,1-3H3,(H,25,29)(H,26,27,28). The van der Waals surface area contributed by atoms with Crippen LogP contribution in [0.5, 0.6) is 11.5 Å². The first kappa shape index (κ1) is 21.6. The summed E-state index contributed by atoms with van der Waals surface area (Å²) in [6.07, 6.45) is 0.742. The number of methoxy groups -OCH3 is 2. The third-order valence-electron chi connectivity index (χ3n) is 4.65. The molecular weight excluding hydrogens is 396 g/mol. The maximum Gasteiger partial charge on any atom is 0.264 e. The number of ether oxygens (including phenoxy) is 2. The number of carbonyl (C=O) groups excluding carboxylic acids is 2. The van der Waals surface area contributed by atoms with Gasteiger partial charge >= 0.3 is 0 Å². The van der Waals surface area contributed by atoms with Gasteiger partial charge in [-0.05, 0) is 24.6 Å². The predicted octanol–water partition coefficient (Wildman–Crippen LogP) is 2.65. The number of nitriles is 1. The second-order valence-electron chi connectivity index (χ2n) is 6.62. The smallest absolute Gasteiger partial charge is 0.264 e. The van der Waals surface area contributed by atoms with Crippen molar-refractivity contribution in [3.05, 3.63) is 64.7 Å². The van der Waals surface area contributed by atoms with Crippen LogP contribution in [0, 0.1) is 11.3 Å². The van der Waals surface area contributed by atoms with E-state index >= 15 is 0 Å². The van der Waals surface area contributed by atoms with E-state index in [0.717, 1.165) is 6.42 Å². The van der Waals surface area contributed by atoms with Crippen molar-refractivity contribution >= 4 is 23.3 Å². The number of amidine groups is 1. The van der Waals surface area contributed by atoms with Crippen molar-refractivity contribution in [1.82, 2.24) is 10.6 Å². The Labute approximate surface area is 180 Å². The minimum atomic E-state index is -0.495. The normalized spacial score (nSPS) is 13.4. The molecule has 1 aliphatic rings. The topological polar surface area (TPSA) is 113 Å². The van der Waals surface area contributed by atoms with E-state index < -0.39 is 11.8 Å². The average molecular weight is 418 g/mol. The molecule has 0 fully saturated rings. The molecule has 0 saturated heterocycles. The quantitative estimate of drug-likeness (QED) is 0.553. The molecule has 0 atom stereocenters. The number of carbonyl (C=O) groups is 2. The van der Waals surface area contributed by atoms with Crippen LogP contribution < -0.4 is 20.1 Å². The number of hydrogen-bond acceptors (Lipinski definition) is 6.